The van der Waals surface area contributed by atoms with Crippen molar-refractivity contribution in [2.24, 2.45) is 5.41 Å². The monoisotopic (exact) mass is 197 g/mol. The van der Waals surface area contributed by atoms with E-state index in [4.69, 9.17) is 0 Å². The molecule has 2 nitrogen and oxygen atoms in total. The first-order valence-electron chi connectivity index (χ1n) is 5.99. The van der Waals surface area contributed by atoms with Crippen LogP contribution in [0.4, 0.5) is 0 Å². The smallest absolute Gasteiger partial charge is 0.0679 e. The Morgan fingerprint density at radius 2 is 1.79 bits per heavy atom. The summed E-state index contributed by atoms with van der Waals surface area (Å²) in [6.07, 6.45) is 6.30. The highest BCUT2D eigenvalue weighted by Crippen LogP contribution is 2.37. The highest BCUT2D eigenvalue weighted by molar-refractivity contribution is 4.87. The third-order valence-electron chi connectivity index (χ3n) is 4.02. The first-order chi connectivity index (χ1) is 6.57. The van der Waals surface area contributed by atoms with Gasteiger partial charge in [0.05, 0.1) is 6.10 Å². The molecule has 1 aliphatic heterocycles. The number of nitrogens with zero attached hydrogens (tertiary/aromatic N) is 1. The summed E-state index contributed by atoms with van der Waals surface area (Å²) in [5.74, 6) is 0. The molecule has 1 unspecified atom stereocenters. The average Bonchev–Trinajstić information content (AvgIpc) is 2.52. The second-order valence-electron chi connectivity index (χ2n) is 5.83. The lowest BCUT2D eigenvalue weighted by molar-refractivity contribution is 0.108. The predicted molar refractivity (Wildman–Crippen MR) is 58.2 cm³/mol. The summed E-state index contributed by atoms with van der Waals surface area (Å²) in [4.78, 5) is 2.50. The molecule has 0 aromatic carbocycles. The van der Waals surface area contributed by atoms with Gasteiger partial charge in [-0.15, -0.1) is 0 Å². The average molecular weight is 197 g/mol. The van der Waals surface area contributed by atoms with Crippen molar-refractivity contribution in [3.05, 3.63) is 0 Å². The number of hydrogen-bond acceptors (Lipinski definition) is 2. The second kappa shape index (κ2) is 3.82. The molecule has 1 atom stereocenters. The number of aliphatic hydroxyl groups is 1. The van der Waals surface area contributed by atoms with Gasteiger partial charge in [0.15, 0.2) is 0 Å². The van der Waals surface area contributed by atoms with Crippen molar-refractivity contribution in [1.82, 2.24) is 4.90 Å². The Labute approximate surface area is 87.3 Å². The van der Waals surface area contributed by atoms with Crippen LogP contribution in [0, 0.1) is 5.41 Å². The molecule has 0 spiro atoms. The van der Waals surface area contributed by atoms with Crippen LogP contribution in [0.5, 0.6) is 0 Å². The topological polar surface area (TPSA) is 23.5 Å². The molecule has 1 heterocycles. The van der Waals surface area contributed by atoms with Crippen LogP contribution in [-0.2, 0) is 0 Å². The second-order valence-corrected chi connectivity index (χ2v) is 5.83. The number of rotatable bonds is 1. The molecule has 2 fully saturated rings. The van der Waals surface area contributed by atoms with Crippen LogP contribution < -0.4 is 0 Å². The van der Waals surface area contributed by atoms with Crippen molar-refractivity contribution in [3.8, 4) is 0 Å². The highest BCUT2D eigenvalue weighted by atomic mass is 16.3. The molecule has 0 aromatic rings. The fraction of sp³-hybridized carbons (Fsp3) is 1.00. The maximum absolute atomic E-state index is 9.49. The fourth-order valence-electron chi connectivity index (χ4n) is 2.85. The molecule has 82 valence electrons. The third kappa shape index (κ3) is 2.29. The normalized spacial score (nSPS) is 34.9. The molecule has 1 N–H and O–H groups in total. The molecule has 0 amide bonds. The zero-order valence-corrected chi connectivity index (χ0v) is 9.50. The molecule has 2 heteroatoms. The van der Waals surface area contributed by atoms with Crippen molar-refractivity contribution < 1.29 is 5.11 Å². The Kier molecular flexibility index (Phi) is 2.85. The van der Waals surface area contributed by atoms with E-state index in [-0.39, 0.29) is 6.10 Å². The van der Waals surface area contributed by atoms with Crippen LogP contribution in [-0.4, -0.2) is 35.2 Å². The molecule has 2 aliphatic rings. The summed E-state index contributed by atoms with van der Waals surface area (Å²) < 4.78 is 0. The maximum atomic E-state index is 9.49. The highest BCUT2D eigenvalue weighted by Gasteiger charge is 2.32. The lowest BCUT2D eigenvalue weighted by Crippen LogP contribution is -2.38. The van der Waals surface area contributed by atoms with Crippen LogP contribution in [0.1, 0.15) is 46.0 Å². The van der Waals surface area contributed by atoms with E-state index >= 15 is 0 Å². The molecule has 1 saturated heterocycles. The summed E-state index contributed by atoms with van der Waals surface area (Å²) in [7, 11) is 0. The van der Waals surface area contributed by atoms with E-state index in [9.17, 15) is 5.11 Å². The van der Waals surface area contributed by atoms with Crippen molar-refractivity contribution in [1.29, 1.82) is 0 Å². The minimum atomic E-state index is -0.0510. The molecule has 1 saturated carbocycles. The number of likely N-dealkylation sites (tertiary alicyclic amines) is 1. The van der Waals surface area contributed by atoms with E-state index in [0.29, 0.717) is 5.41 Å². The Morgan fingerprint density at radius 3 is 2.29 bits per heavy atom. The van der Waals surface area contributed by atoms with Crippen LogP contribution >= 0.6 is 0 Å². The molecule has 1 aliphatic carbocycles. The van der Waals surface area contributed by atoms with Gasteiger partial charge in [-0.3, -0.25) is 4.90 Å². The SMILES string of the molecule is CC1(C)CCC(N2CCC(O)C2)CC1. The van der Waals surface area contributed by atoms with E-state index in [1.165, 1.54) is 25.7 Å². The Morgan fingerprint density at radius 1 is 1.14 bits per heavy atom. The lowest BCUT2D eigenvalue weighted by Gasteiger charge is -2.38. The van der Waals surface area contributed by atoms with Crippen LogP contribution in [0.15, 0.2) is 0 Å². The Hall–Kier alpha value is -0.0800. The first kappa shape index (κ1) is 10.4. The van der Waals surface area contributed by atoms with Crippen LogP contribution in [0.3, 0.4) is 0 Å². The van der Waals surface area contributed by atoms with Crippen molar-refractivity contribution >= 4 is 0 Å². The fourth-order valence-corrected chi connectivity index (χ4v) is 2.85. The zero-order valence-electron chi connectivity index (χ0n) is 9.50. The Balaban J connectivity index is 1.83. The largest absolute Gasteiger partial charge is 0.392 e. The van der Waals surface area contributed by atoms with Crippen molar-refractivity contribution in [2.45, 2.75) is 58.1 Å². The molecular formula is C12H23NO. The third-order valence-corrected chi connectivity index (χ3v) is 4.02. The van der Waals surface area contributed by atoms with Gasteiger partial charge in [-0.25, -0.2) is 0 Å². The number of β-amino-alcohol motifs (C(OH)–C–C–N with tert-alkyl or cyclic N) is 1. The molecule has 2 rings (SSSR count). The molecule has 0 bridgehead atoms. The lowest BCUT2D eigenvalue weighted by atomic mass is 9.75. The van der Waals surface area contributed by atoms with Gasteiger partial charge in [0.25, 0.3) is 0 Å². The van der Waals surface area contributed by atoms with Gasteiger partial charge in [-0.2, -0.15) is 0 Å². The summed E-state index contributed by atoms with van der Waals surface area (Å²) in [6.45, 7) is 6.79. The van der Waals surface area contributed by atoms with E-state index in [1.807, 2.05) is 0 Å². The summed E-state index contributed by atoms with van der Waals surface area (Å²) in [5.41, 5.74) is 0.564. The van der Waals surface area contributed by atoms with Gasteiger partial charge in [-0.1, -0.05) is 13.8 Å². The van der Waals surface area contributed by atoms with Gasteiger partial charge in [0.2, 0.25) is 0 Å². The maximum Gasteiger partial charge on any atom is 0.0679 e. The van der Waals surface area contributed by atoms with Crippen molar-refractivity contribution in [2.75, 3.05) is 13.1 Å². The molecule has 14 heavy (non-hydrogen) atoms. The quantitative estimate of drug-likeness (QED) is 0.695. The molecule has 0 radical (unpaired) electrons. The zero-order chi connectivity index (χ0) is 10.2. The van der Waals surface area contributed by atoms with Gasteiger partial charge < -0.3 is 5.11 Å². The molecular weight excluding hydrogens is 174 g/mol. The van der Waals surface area contributed by atoms with Crippen LogP contribution in [0.25, 0.3) is 0 Å². The number of aliphatic hydroxyl groups excluding tert-OH is 1. The van der Waals surface area contributed by atoms with E-state index < -0.39 is 0 Å². The molecule has 0 aromatic heterocycles. The van der Waals surface area contributed by atoms with Gasteiger partial charge in [0, 0.05) is 19.1 Å². The summed E-state index contributed by atoms with van der Waals surface area (Å²) in [6, 6.07) is 0.764. The van der Waals surface area contributed by atoms with E-state index in [1.54, 1.807) is 0 Å². The van der Waals surface area contributed by atoms with E-state index in [2.05, 4.69) is 18.7 Å². The van der Waals surface area contributed by atoms with Crippen LogP contribution in [0.2, 0.25) is 0 Å². The number of hydrogen-bond donors (Lipinski definition) is 1. The van der Waals surface area contributed by atoms with Gasteiger partial charge in [-0.05, 0) is 37.5 Å². The summed E-state index contributed by atoms with van der Waals surface area (Å²) in [5, 5.41) is 9.49. The van der Waals surface area contributed by atoms with Crippen molar-refractivity contribution in [3.63, 3.8) is 0 Å². The summed E-state index contributed by atoms with van der Waals surface area (Å²) >= 11 is 0. The van der Waals surface area contributed by atoms with Gasteiger partial charge in [0.1, 0.15) is 0 Å². The minimum Gasteiger partial charge on any atom is -0.392 e. The van der Waals surface area contributed by atoms with Gasteiger partial charge >= 0.3 is 0 Å². The standard InChI is InChI=1S/C12H23NO/c1-12(2)6-3-10(4-7-12)13-8-5-11(14)9-13/h10-11,14H,3-9H2,1-2H3. The Bertz CT molecular complexity index is 192. The first-order valence-corrected chi connectivity index (χ1v) is 5.99. The predicted octanol–water partition coefficient (Wildman–Crippen LogP) is 2.02. The minimum absolute atomic E-state index is 0.0510. The van der Waals surface area contributed by atoms with E-state index in [0.717, 1.165) is 25.6 Å².